The Labute approximate surface area is 220 Å². The Balaban J connectivity index is 1.63. The maximum absolute atomic E-state index is 9.98. The van der Waals surface area contributed by atoms with E-state index in [1.807, 2.05) is 0 Å². The summed E-state index contributed by atoms with van der Waals surface area (Å²) in [6, 6.07) is 16.1. The highest BCUT2D eigenvalue weighted by molar-refractivity contribution is 7.98. The number of aliphatic hydroxyl groups is 1. The number of nitriles is 2. The van der Waals surface area contributed by atoms with Crippen molar-refractivity contribution in [1.29, 1.82) is 10.5 Å². The summed E-state index contributed by atoms with van der Waals surface area (Å²) in [5.41, 5.74) is 8.72. The summed E-state index contributed by atoms with van der Waals surface area (Å²) in [6.45, 7) is 0.0465. The number of aliphatic hydroxyl groups excluding tert-OH is 1. The summed E-state index contributed by atoms with van der Waals surface area (Å²) < 4.78 is 11.0. The quantitative estimate of drug-likeness (QED) is 0.270. The van der Waals surface area contributed by atoms with Gasteiger partial charge in [-0.3, -0.25) is 0 Å². The maximum Gasteiger partial charge on any atom is 0.226 e. The number of hydrogen-bond acceptors (Lipinski definition) is 9. The topological polar surface area (TPSA) is 142 Å². The van der Waals surface area contributed by atoms with Crippen LogP contribution in [-0.2, 0) is 5.75 Å². The van der Waals surface area contributed by atoms with E-state index in [1.165, 1.54) is 18.0 Å². The number of aromatic nitrogens is 2. The van der Waals surface area contributed by atoms with Gasteiger partial charge in [-0.1, -0.05) is 47.1 Å². The SMILES string of the molecule is N#Cc1c(N)nc(SCc2coc(-c3ccc(Cl)c(Cl)c3)n2)c(C#N)c1-c1ccc(OCCO)cc1. The van der Waals surface area contributed by atoms with E-state index in [2.05, 4.69) is 22.1 Å². The van der Waals surface area contributed by atoms with Crippen molar-refractivity contribution >= 4 is 40.8 Å². The van der Waals surface area contributed by atoms with E-state index in [0.717, 1.165) is 0 Å². The zero-order chi connectivity index (χ0) is 25.7. The molecular weight excluding hydrogens is 521 g/mol. The number of nitrogens with zero attached hydrogens (tertiary/aromatic N) is 4. The molecule has 8 nitrogen and oxygen atoms in total. The van der Waals surface area contributed by atoms with E-state index in [0.29, 0.717) is 54.8 Å². The lowest BCUT2D eigenvalue weighted by molar-refractivity contribution is 0.201. The number of hydrogen-bond donors (Lipinski definition) is 2. The predicted octanol–water partition coefficient (Wildman–Crippen LogP) is 5.70. The van der Waals surface area contributed by atoms with E-state index >= 15 is 0 Å². The summed E-state index contributed by atoms with van der Waals surface area (Å²) in [5.74, 6) is 1.28. The second-order valence-corrected chi connectivity index (χ2v) is 9.09. The molecule has 2 aromatic carbocycles. The van der Waals surface area contributed by atoms with Gasteiger partial charge in [0.2, 0.25) is 5.89 Å². The first-order valence-corrected chi connectivity index (χ1v) is 12.2. The van der Waals surface area contributed by atoms with Gasteiger partial charge < -0.3 is 20.0 Å². The third-order valence-corrected chi connectivity index (χ3v) is 6.74. The van der Waals surface area contributed by atoms with Gasteiger partial charge in [0.05, 0.1) is 27.9 Å². The molecule has 3 N–H and O–H groups in total. The van der Waals surface area contributed by atoms with Crippen molar-refractivity contribution in [3.05, 3.63) is 75.6 Å². The molecule has 2 heterocycles. The van der Waals surface area contributed by atoms with Crippen LogP contribution in [0.2, 0.25) is 10.0 Å². The molecule has 0 unspecified atom stereocenters. The standard InChI is InChI=1S/C25H17Cl2N5O3S/c26-20-6-3-15(9-21(20)27)24-31-16(12-35-24)13-36-25-19(11-29)22(18(10-28)23(30)32-25)14-1-4-17(5-2-14)34-8-7-33/h1-6,9,12,33H,7-8,13H2,(H2,30,32). The Hall–Kier alpha value is -3.73. The molecule has 11 heteroatoms. The van der Waals surface area contributed by atoms with Gasteiger partial charge in [0.15, 0.2) is 0 Å². The fraction of sp³-hybridized carbons (Fsp3) is 0.120. The molecule has 0 bridgehead atoms. The van der Waals surface area contributed by atoms with Gasteiger partial charge in [0, 0.05) is 16.9 Å². The van der Waals surface area contributed by atoms with Gasteiger partial charge in [0.25, 0.3) is 0 Å². The highest BCUT2D eigenvalue weighted by Gasteiger charge is 2.21. The van der Waals surface area contributed by atoms with Gasteiger partial charge in [-0.25, -0.2) is 9.97 Å². The first kappa shape index (κ1) is 25.4. The lowest BCUT2D eigenvalue weighted by Gasteiger charge is -2.13. The van der Waals surface area contributed by atoms with E-state index in [4.69, 9.17) is 43.2 Å². The smallest absolute Gasteiger partial charge is 0.226 e. The number of ether oxygens (including phenoxy) is 1. The van der Waals surface area contributed by atoms with Gasteiger partial charge in [-0.05, 0) is 35.9 Å². The number of thioether (sulfide) groups is 1. The molecule has 0 aliphatic rings. The first-order valence-electron chi connectivity index (χ1n) is 10.5. The van der Waals surface area contributed by atoms with Gasteiger partial charge in [0.1, 0.15) is 47.2 Å². The molecule has 180 valence electrons. The highest BCUT2D eigenvalue weighted by Crippen LogP contribution is 2.37. The van der Waals surface area contributed by atoms with Crippen molar-refractivity contribution in [2.75, 3.05) is 18.9 Å². The molecule has 0 fully saturated rings. The number of benzene rings is 2. The Morgan fingerprint density at radius 2 is 1.72 bits per heavy atom. The average Bonchev–Trinajstić information content (AvgIpc) is 3.37. The minimum absolute atomic E-state index is 0.0197. The summed E-state index contributed by atoms with van der Waals surface area (Å²) >= 11 is 13.3. The number of nitrogens with two attached hydrogens (primary N) is 1. The zero-order valence-electron chi connectivity index (χ0n) is 18.5. The van der Waals surface area contributed by atoms with Crippen LogP contribution in [0.4, 0.5) is 5.82 Å². The monoisotopic (exact) mass is 537 g/mol. The van der Waals surface area contributed by atoms with Crippen LogP contribution in [0.25, 0.3) is 22.6 Å². The molecule has 0 saturated carbocycles. The van der Waals surface area contributed by atoms with E-state index in [1.54, 1.807) is 42.5 Å². The lowest BCUT2D eigenvalue weighted by Crippen LogP contribution is -2.04. The van der Waals surface area contributed by atoms with Crippen LogP contribution in [0.5, 0.6) is 5.75 Å². The molecule has 0 amide bonds. The van der Waals surface area contributed by atoms with Crippen molar-refractivity contribution in [3.63, 3.8) is 0 Å². The molecule has 0 atom stereocenters. The number of anilines is 1. The predicted molar refractivity (Wildman–Crippen MR) is 138 cm³/mol. The second-order valence-electron chi connectivity index (χ2n) is 7.31. The second kappa shape index (κ2) is 11.3. The maximum atomic E-state index is 9.98. The van der Waals surface area contributed by atoms with E-state index in [-0.39, 0.29) is 30.2 Å². The molecule has 0 spiro atoms. The fourth-order valence-corrected chi connectivity index (χ4v) is 4.52. The molecule has 0 saturated heterocycles. The average molecular weight is 538 g/mol. The molecule has 4 aromatic rings. The Kier molecular flexibility index (Phi) is 7.99. The largest absolute Gasteiger partial charge is 0.491 e. The minimum Gasteiger partial charge on any atom is -0.491 e. The molecule has 2 aromatic heterocycles. The number of oxazole rings is 1. The molecule has 0 aliphatic heterocycles. The van der Waals surface area contributed by atoms with Crippen LogP contribution in [0, 0.1) is 22.7 Å². The first-order chi connectivity index (χ1) is 17.4. The van der Waals surface area contributed by atoms with Gasteiger partial charge >= 0.3 is 0 Å². The molecule has 4 rings (SSSR count). The highest BCUT2D eigenvalue weighted by atomic mass is 35.5. The van der Waals surface area contributed by atoms with Gasteiger partial charge in [-0.15, -0.1) is 0 Å². The number of nitrogen functional groups attached to an aromatic ring is 1. The zero-order valence-corrected chi connectivity index (χ0v) is 20.9. The van der Waals surface area contributed by atoms with Crippen LogP contribution < -0.4 is 10.5 Å². The van der Waals surface area contributed by atoms with Crippen molar-refractivity contribution in [2.24, 2.45) is 0 Å². The Morgan fingerprint density at radius 1 is 1.00 bits per heavy atom. The molecular formula is C25H17Cl2N5O3S. The molecule has 0 aliphatic carbocycles. The summed E-state index contributed by atoms with van der Waals surface area (Å²) in [5, 5.41) is 29.8. The number of halogens is 2. The number of pyridine rings is 1. The van der Waals surface area contributed by atoms with Crippen LogP contribution in [-0.4, -0.2) is 28.3 Å². The van der Waals surface area contributed by atoms with Crippen molar-refractivity contribution in [1.82, 2.24) is 9.97 Å². The van der Waals surface area contributed by atoms with Crippen LogP contribution in [0.1, 0.15) is 16.8 Å². The fourth-order valence-electron chi connectivity index (χ4n) is 3.35. The van der Waals surface area contributed by atoms with Crippen LogP contribution in [0.3, 0.4) is 0 Å². The summed E-state index contributed by atoms with van der Waals surface area (Å²) in [6.07, 6.45) is 1.51. The van der Waals surface area contributed by atoms with Gasteiger partial charge in [-0.2, -0.15) is 10.5 Å². The van der Waals surface area contributed by atoms with E-state index < -0.39 is 0 Å². The third-order valence-electron chi connectivity index (χ3n) is 4.99. The van der Waals surface area contributed by atoms with Crippen LogP contribution in [0.15, 0.2) is 58.2 Å². The Morgan fingerprint density at radius 3 is 2.39 bits per heavy atom. The van der Waals surface area contributed by atoms with Crippen molar-refractivity contribution in [2.45, 2.75) is 10.8 Å². The minimum atomic E-state index is -0.110. The number of rotatable bonds is 8. The summed E-state index contributed by atoms with van der Waals surface area (Å²) in [4.78, 5) is 8.79. The summed E-state index contributed by atoms with van der Waals surface area (Å²) in [7, 11) is 0. The normalized spacial score (nSPS) is 10.6. The van der Waals surface area contributed by atoms with Crippen LogP contribution >= 0.6 is 35.0 Å². The van der Waals surface area contributed by atoms with Crippen molar-refractivity contribution < 1.29 is 14.3 Å². The van der Waals surface area contributed by atoms with Crippen molar-refractivity contribution in [3.8, 4) is 40.5 Å². The third kappa shape index (κ3) is 5.40. The lowest BCUT2D eigenvalue weighted by atomic mass is 9.97. The molecule has 36 heavy (non-hydrogen) atoms. The Bertz CT molecular complexity index is 1490. The van der Waals surface area contributed by atoms with E-state index in [9.17, 15) is 10.5 Å². The molecule has 0 radical (unpaired) electrons.